The number of carbonyl (C=O) groups excluding carboxylic acids is 1. The lowest BCUT2D eigenvalue weighted by Crippen LogP contribution is -2.74. The molecule has 1 N–H and O–H groups in total. The smallest absolute Gasteiger partial charge is 0.223 e. The van der Waals surface area contributed by atoms with Gasteiger partial charge < -0.3 is 9.67 Å². The summed E-state index contributed by atoms with van der Waals surface area (Å²) >= 11 is 0. The number of β-lactam (4-membered cyclic amide) rings is 1. The minimum absolute atomic E-state index is 0.00853. The molecule has 0 spiro atoms. The van der Waals surface area contributed by atoms with Gasteiger partial charge in [-0.15, -0.1) is 6.58 Å². The molecule has 1 amide bonds. The molecule has 1 heterocycles. The number of aliphatic hydroxyl groups excluding tert-OH is 1. The molecule has 0 bridgehead atoms. The fourth-order valence-corrected chi connectivity index (χ4v) is 4.99. The Morgan fingerprint density at radius 1 is 1.37 bits per heavy atom. The molecular formula is C15H29NO2Si. The molecule has 19 heavy (non-hydrogen) atoms. The van der Waals surface area contributed by atoms with Gasteiger partial charge in [0, 0.05) is 0 Å². The van der Waals surface area contributed by atoms with Crippen LogP contribution < -0.4 is 0 Å². The van der Waals surface area contributed by atoms with Gasteiger partial charge >= 0.3 is 0 Å². The van der Waals surface area contributed by atoms with E-state index in [1.165, 1.54) is 0 Å². The van der Waals surface area contributed by atoms with E-state index in [1.54, 1.807) is 0 Å². The zero-order valence-corrected chi connectivity index (χ0v) is 14.4. The molecule has 1 saturated heterocycles. The molecule has 3 nitrogen and oxygen atoms in total. The summed E-state index contributed by atoms with van der Waals surface area (Å²) in [6.07, 6.45) is 1.26. The summed E-state index contributed by atoms with van der Waals surface area (Å²) in [6, 6.07) is -0.00853. The highest BCUT2D eigenvalue weighted by molar-refractivity contribution is 6.80. The molecule has 1 aliphatic heterocycles. The van der Waals surface area contributed by atoms with Crippen LogP contribution in [0, 0.1) is 11.8 Å². The number of amides is 1. The minimum Gasteiger partial charge on any atom is -0.392 e. The van der Waals surface area contributed by atoms with Gasteiger partial charge in [-0.1, -0.05) is 53.8 Å². The SMILES string of the molecule is C=C[C@@H]1[C@@H]([C@H](O)C(C)C)C(=O)N1[Si](C)(C)C(C)(C)C. The van der Waals surface area contributed by atoms with Crippen LogP contribution in [-0.2, 0) is 4.79 Å². The van der Waals surface area contributed by atoms with Crippen LogP contribution in [0.2, 0.25) is 18.1 Å². The van der Waals surface area contributed by atoms with Gasteiger partial charge in [-0.05, 0) is 11.0 Å². The largest absolute Gasteiger partial charge is 0.392 e. The van der Waals surface area contributed by atoms with Crippen molar-refractivity contribution in [2.24, 2.45) is 11.8 Å². The Morgan fingerprint density at radius 3 is 2.16 bits per heavy atom. The molecular weight excluding hydrogens is 254 g/mol. The third-order valence-electron chi connectivity index (χ3n) is 4.92. The van der Waals surface area contributed by atoms with Crippen LogP contribution in [0.5, 0.6) is 0 Å². The molecule has 0 aromatic carbocycles. The van der Waals surface area contributed by atoms with Gasteiger partial charge in [0.2, 0.25) is 5.91 Å². The lowest BCUT2D eigenvalue weighted by Gasteiger charge is -2.58. The van der Waals surface area contributed by atoms with E-state index in [2.05, 4.69) is 40.4 Å². The molecule has 0 saturated carbocycles. The van der Waals surface area contributed by atoms with E-state index >= 15 is 0 Å². The van der Waals surface area contributed by atoms with E-state index < -0.39 is 14.3 Å². The standard InChI is InChI=1S/C15H29NO2Si/c1-9-11-12(13(17)10(2)3)14(18)16(11)19(7,8)15(4,5)6/h9-13,17H,1H2,2-8H3/t11-,12+,13-/m1/s1. The summed E-state index contributed by atoms with van der Waals surface area (Å²) in [5, 5.41) is 10.3. The number of nitrogens with zero attached hydrogens (tertiary/aromatic N) is 1. The molecule has 3 atom stereocenters. The third kappa shape index (κ3) is 2.52. The van der Waals surface area contributed by atoms with Crippen LogP contribution in [0.1, 0.15) is 34.6 Å². The van der Waals surface area contributed by atoms with Crippen molar-refractivity contribution in [3.63, 3.8) is 0 Å². The Bertz CT molecular complexity index is 371. The van der Waals surface area contributed by atoms with E-state index in [0.717, 1.165) is 0 Å². The summed E-state index contributed by atoms with van der Waals surface area (Å²) < 4.78 is 2.02. The predicted molar refractivity (Wildman–Crippen MR) is 82.4 cm³/mol. The molecule has 0 aromatic heterocycles. The Hall–Kier alpha value is -0.613. The van der Waals surface area contributed by atoms with Crippen LogP contribution in [0.3, 0.4) is 0 Å². The van der Waals surface area contributed by atoms with E-state index in [4.69, 9.17) is 0 Å². The van der Waals surface area contributed by atoms with Crippen LogP contribution in [0.15, 0.2) is 12.7 Å². The molecule has 1 aliphatic rings. The van der Waals surface area contributed by atoms with Crippen LogP contribution >= 0.6 is 0 Å². The quantitative estimate of drug-likeness (QED) is 0.489. The molecule has 0 radical (unpaired) electrons. The van der Waals surface area contributed by atoms with Crippen molar-refractivity contribution in [2.45, 2.75) is 64.9 Å². The second kappa shape index (κ2) is 5.06. The maximum absolute atomic E-state index is 12.5. The Morgan fingerprint density at radius 2 is 1.84 bits per heavy atom. The molecule has 0 unspecified atom stereocenters. The Labute approximate surface area is 118 Å². The van der Waals surface area contributed by atoms with Crippen molar-refractivity contribution in [3.05, 3.63) is 12.7 Å². The van der Waals surface area contributed by atoms with Gasteiger partial charge in [0.15, 0.2) is 8.24 Å². The van der Waals surface area contributed by atoms with Crippen LogP contribution in [0.25, 0.3) is 0 Å². The highest BCUT2D eigenvalue weighted by atomic mass is 28.3. The van der Waals surface area contributed by atoms with Crippen molar-refractivity contribution >= 4 is 14.1 Å². The van der Waals surface area contributed by atoms with Crippen molar-refractivity contribution < 1.29 is 9.90 Å². The number of aliphatic hydroxyl groups is 1. The van der Waals surface area contributed by atoms with Crippen molar-refractivity contribution in [1.82, 2.24) is 4.57 Å². The lowest BCUT2D eigenvalue weighted by molar-refractivity contribution is -0.154. The zero-order valence-electron chi connectivity index (χ0n) is 13.4. The molecule has 0 aliphatic carbocycles. The Balaban J connectivity index is 3.03. The van der Waals surface area contributed by atoms with Gasteiger partial charge in [0.1, 0.15) is 0 Å². The monoisotopic (exact) mass is 283 g/mol. The van der Waals surface area contributed by atoms with E-state index in [-0.39, 0.29) is 28.8 Å². The average Bonchev–Trinajstić information content (AvgIpc) is 2.23. The molecule has 0 aromatic rings. The first kappa shape index (κ1) is 16.4. The van der Waals surface area contributed by atoms with Crippen LogP contribution in [0.4, 0.5) is 0 Å². The van der Waals surface area contributed by atoms with Gasteiger partial charge in [-0.2, -0.15) is 0 Å². The topological polar surface area (TPSA) is 40.5 Å². The number of rotatable bonds is 4. The average molecular weight is 283 g/mol. The van der Waals surface area contributed by atoms with E-state index in [0.29, 0.717) is 0 Å². The predicted octanol–water partition coefficient (Wildman–Crippen LogP) is 3.02. The van der Waals surface area contributed by atoms with Crippen molar-refractivity contribution in [1.29, 1.82) is 0 Å². The van der Waals surface area contributed by atoms with E-state index in [9.17, 15) is 9.90 Å². The van der Waals surface area contributed by atoms with Crippen molar-refractivity contribution in [2.75, 3.05) is 0 Å². The highest BCUT2D eigenvalue weighted by Gasteiger charge is 2.58. The fourth-order valence-electron chi connectivity index (χ4n) is 2.56. The fraction of sp³-hybridized carbons (Fsp3) is 0.800. The normalized spacial score (nSPS) is 26.4. The van der Waals surface area contributed by atoms with E-state index in [1.807, 2.05) is 24.5 Å². The molecule has 1 fully saturated rings. The summed E-state index contributed by atoms with van der Waals surface area (Å²) in [6.45, 7) is 18.8. The highest BCUT2D eigenvalue weighted by Crippen LogP contribution is 2.46. The van der Waals surface area contributed by atoms with Gasteiger partial charge in [0.25, 0.3) is 0 Å². The van der Waals surface area contributed by atoms with Gasteiger partial charge in [-0.3, -0.25) is 4.79 Å². The van der Waals surface area contributed by atoms with Gasteiger partial charge in [0.05, 0.1) is 18.1 Å². The Kier molecular flexibility index (Phi) is 4.38. The number of hydrogen-bond acceptors (Lipinski definition) is 2. The maximum Gasteiger partial charge on any atom is 0.223 e. The third-order valence-corrected chi connectivity index (χ3v) is 10.3. The summed E-state index contributed by atoms with van der Waals surface area (Å²) in [7, 11) is -1.89. The summed E-state index contributed by atoms with van der Waals surface area (Å²) in [5.41, 5.74) is 0. The maximum atomic E-state index is 12.5. The molecule has 110 valence electrons. The zero-order chi connectivity index (χ0) is 15.2. The molecule has 1 rings (SSSR count). The lowest BCUT2D eigenvalue weighted by atomic mass is 9.81. The van der Waals surface area contributed by atoms with Gasteiger partial charge in [-0.25, -0.2) is 0 Å². The van der Waals surface area contributed by atoms with Crippen molar-refractivity contribution in [3.8, 4) is 0 Å². The minimum atomic E-state index is -1.89. The second-order valence-electron chi connectivity index (χ2n) is 7.50. The first-order valence-electron chi connectivity index (χ1n) is 7.10. The number of carbonyl (C=O) groups is 1. The second-order valence-corrected chi connectivity index (χ2v) is 12.6. The first-order chi connectivity index (χ1) is 8.46. The first-order valence-corrected chi connectivity index (χ1v) is 10.0. The number of hydrogen-bond donors (Lipinski definition) is 1. The van der Waals surface area contributed by atoms with Crippen LogP contribution in [-0.4, -0.2) is 36.0 Å². The summed E-state index contributed by atoms with van der Waals surface area (Å²) in [4.78, 5) is 12.5. The molecule has 4 heteroatoms. The summed E-state index contributed by atoms with van der Waals surface area (Å²) in [5.74, 6) is -0.0951.